The van der Waals surface area contributed by atoms with Crippen LogP contribution in [0.1, 0.15) is 53.4 Å². The first-order valence-electron chi connectivity index (χ1n) is 11.3. The number of hydrogen-bond donors (Lipinski definition) is 4. The number of likely N-dealkylation sites (tertiary alicyclic amines) is 1. The fraction of sp³-hybridized carbons (Fsp3) is 0.708. The van der Waals surface area contributed by atoms with Crippen molar-refractivity contribution in [1.29, 1.82) is 5.41 Å². The van der Waals surface area contributed by atoms with Crippen LogP contribution in [0.15, 0.2) is 34.9 Å². The second-order valence-corrected chi connectivity index (χ2v) is 10.5. The highest BCUT2D eigenvalue weighted by Crippen LogP contribution is 2.59. The smallest absolute Gasteiger partial charge is 0.0984 e. The van der Waals surface area contributed by atoms with Gasteiger partial charge in [0.15, 0.2) is 0 Å². The predicted octanol–water partition coefficient (Wildman–Crippen LogP) is 3.24. The van der Waals surface area contributed by atoms with Gasteiger partial charge in [-0.2, -0.15) is 0 Å². The Bertz CT molecular complexity index is 689. The van der Waals surface area contributed by atoms with E-state index in [4.69, 9.17) is 16.9 Å². The molecule has 1 aliphatic heterocycles. The lowest BCUT2D eigenvalue weighted by Gasteiger charge is -2.35. The molecule has 1 spiro atoms. The maximum Gasteiger partial charge on any atom is 0.0984 e. The van der Waals surface area contributed by atoms with Gasteiger partial charge < -0.3 is 32.0 Å². The topological polar surface area (TPSA) is 94.4 Å². The molecular formula is C24H44N6. The summed E-state index contributed by atoms with van der Waals surface area (Å²) in [5, 5.41) is 10.5. The summed E-state index contributed by atoms with van der Waals surface area (Å²) in [7, 11) is 3.88. The molecule has 1 saturated carbocycles. The zero-order valence-corrected chi connectivity index (χ0v) is 20.0. The van der Waals surface area contributed by atoms with E-state index in [0.29, 0.717) is 16.5 Å². The second-order valence-electron chi connectivity index (χ2n) is 10.5. The van der Waals surface area contributed by atoms with Gasteiger partial charge in [0.25, 0.3) is 0 Å². The van der Waals surface area contributed by atoms with Gasteiger partial charge in [-0.1, -0.05) is 20.8 Å². The summed E-state index contributed by atoms with van der Waals surface area (Å²) >= 11 is 0. The number of allylic oxidation sites excluding steroid dienone is 3. The molecule has 0 aromatic carbocycles. The second kappa shape index (κ2) is 9.90. The fourth-order valence-electron chi connectivity index (χ4n) is 4.48. The Morgan fingerprint density at radius 1 is 1.23 bits per heavy atom. The number of likely N-dealkylation sites (N-methyl/N-ethyl adjacent to an activating group) is 1. The normalized spacial score (nSPS) is 23.2. The van der Waals surface area contributed by atoms with E-state index in [1.54, 1.807) is 0 Å². The van der Waals surface area contributed by atoms with E-state index in [-0.39, 0.29) is 0 Å². The van der Waals surface area contributed by atoms with E-state index in [9.17, 15) is 0 Å². The van der Waals surface area contributed by atoms with Crippen molar-refractivity contribution >= 4 is 6.21 Å². The van der Waals surface area contributed by atoms with Crippen LogP contribution in [0, 0.1) is 22.2 Å². The van der Waals surface area contributed by atoms with Crippen LogP contribution in [0.3, 0.4) is 0 Å². The highest BCUT2D eigenvalue weighted by Gasteiger charge is 2.54. The van der Waals surface area contributed by atoms with Gasteiger partial charge in [0.05, 0.1) is 17.2 Å². The quantitative estimate of drug-likeness (QED) is 0.342. The van der Waals surface area contributed by atoms with Crippen molar-refractivity contribution in [3.63, 3.8) is 0 Å². The van der Waals surface area contributed by atoms with Gasteiger partial charge in [0.1, 0.15) is 0 Å². The lowest BCUT2D eigenvalue weighted by molar-refractivity contribution is 0.142. The average Bonchev–Trinajstić information content (AvgIpc) is 3.36. The van der Waals surface area contributed by atoms with Gasteiger partial charge in [-0.15, -0.1) is 0 Å². The molecule has 0 aromatic rings. The minimum absolute atomic E-state index is 0.420. The first-order valence-corrected chi connectivity index (χ1v) is 11.3. The lowest BCUT2D eigenvalue weighted by Crippen LogP contribution is -2.37. The standard InChI is InChI=1S/C24H44N6/c1-18(16-25)22(28-5)20(26)7-8-21(27)29(6)17-19-15-24(19)10-13-30(14-11-24)12-9-23(2,3)4/h7-8,16,19,25,28H,9-15,17,26-27H2,1-6H3/b20-7-,21-8+,22-18-,25-16?. The van der Waals surface area contributed by atoms with Crippen LogP contribution >= 0.6 is 0 Å². The van der Waals surface area contributed by atoms with Gasteiger partial charge in [0.2, 0.25) is 0 Å². The molecule has 2 aliphatic rings. The first kappa shape index (κ1) is 24.3. The number of nitrogens with one attached hydrogen (secondary N) is 2. The Hall–Kier alpha value is -1.95. The third-order valence-corrected chi connectivity index (χ3v) is 6.91. The van der Waals surface area contributed by atoms with E-state index >= 15 is 0 Å². The van der Waals surface area contributed by atoms with Crippen LogP contribution in [0.2, 0.25) is 0 Å². The van der Waals surface area contributed by atoms with Gasteiger partial charge in [-0.25, -0.2) is 0 Å². The van der Waals surface area contributed by atoms with E-state index in [0.717, 1.165) is 29.6 Å². The van der Waals surface area contributed by atoms with Crippen LogP contribution in [0.25, 0.3) is 0 Å². The summed E-state index contributed by atoms with van der Waals surface area (Å²) in [6, 6.07) is 0. The van der Waals surface area contributed by atoms with E-state index < -0.39 is 0 Å². The molecule has 1 heterocycles. The zero-order valence-electron chi connectivity index (χ0n) is 20.0. The summed E-state index contributed by atoms with van der Waals surface area (Å²) < 4.78 is 0. The van der Waals surface area contributed by atoms with E-state index in [1.807, 2.05) is 26.1 Å². The largest absolute Gasteiger partial charge is 0.397 e. The summed E-state index contributed by atoms with van der Waals surface area (Å²) in [6.07, 6.45) is 10.2. The monoisotopic (exact) mass is 416 g/mol. The summed E-state index contributed by atoms with van der Waals surface area (Å²) in [5.41, 5.74) is 15.6. The Morgan fingerprint density at radius 3 is 2.40 bits per heavy atom. The van der Waals surface area contributed by atoms with E-state index in [1.165, 1.54) is 51.5 Å². The fourth-order valence-corrected chi connectivity index (χ4v) is 4.48. The van der Waals surface area contributed by atoms with Gasteiger partial charge in [-0.05, 0) is 86.7 Å². The molecule has 1 unspecified atom stereocenters. The van der Waals surface area contributed by atoms with Crippen molar-refractivity contribution < 1.29 is 0 Å². The Kier molecular flexibility index (Phi) is 8.03. The molecule has 1 atom stereocenters. The molecule has 30 heavy (non-hydrogen) atoms. The van der Waals surface area contributed by atoms with Crippen molar-refractivity contribution in [2.24, 2.45) is 28.2 Å². The first-order chi connectivity index (χ1) is 14.0. The molecule has 0 amide bonds. The Balaban J connectivity index is 1.85. The molecule has 6 N–H and O–H groups in total. The highest BCUT2D eigenvalue weighted by molar-refractivity contribution is 5.77. The number of piperidine rings is 1. The Morgan fingerprint density at radius 2 is 1.87 bits per heavy atom. The molecule has 2 rings (SSSR count). The molecular weight excluding hydrogens is 372 g/mol. The van der Waals surface area contributed by atoms with Crippen LogP contribution in [-0.4, -0.2) is 56.3 Å². The Labute approximate surface area is 183 Å². The third-order valence-electron chi connectivity index (χ3n) is 6.91. The van der Waals surface area contributed by atoms with Crippen molar-refractivity contribution in [3.05, 3.63) is 34.9 Å². The number of hydrogen-bond acceptors (Lipinski definition) is 6. The highest BCUT2D eigenvalue weighted by atomic mass is 15.2. The molecule has 170 valence electrons. The van der Waals surface area contributed by atoms with Crippen LogP contribution < -0.4 is 16.8 Å². The molecule has 0 bridgehead atoms. The summed E-state index contributed by atoms with van der Waals surface area (Å²) in [4.78, 5) is 4.81. The van der Waals surface area contributed by atoms with Crippen molar-refractivity contribution in [3.8, 4) is 0 Å². The lowest BCUT2D eigenvalue weighted by atomic mass is 9.88. The SMILES string of the molecule is CNC(/C(N)=C/C=C(\N)N(C)CC1CC12CCN(CCC(C)(C)C)CC2)=C(/C)C=N. The third kappa shape index (κ3) is 6.53. The minimum Gasteiger partial charge on any atom is -0.397 e. The van der Waals surface area contributed by atoms with Crippen molar-refractivity contribution in [2.75, 3.05) is 40.3 Å². The van der Waals surface area contributed by atoms with Gasteiger partial charge in [0, 0.05) is 26.9 Å². The maximum atomic E-state index is 7.41. The summed E-state index contributed by atoms with van der Waals surface area (Å²) in [5.74, 6) is 1.47. The van der Waals surface area contributed by atoms with E-state index in [2.05, 4.69) is 42.9 Å². The molecule has 0 radical (unpaired) electrons. The predicted molar refractivity (Wildman–Crippen MR) is 128 cm³/mol. The van der Waals surface area contributed by atoms with Crippen LogP contribution in [0.5, 0.6) is 0 Å². The van der Waals surface area contributed by atoms with Gasteiger partial charge in [-0.3, -0.25) is 0 Å². The summed E-state index contributed by atoms with van der Waals surface area (Å²) in [6.45, 7) is 13.6. The number of nitrogens with zero attached hydrogens (tertiary/aromatic N) is 2. The van der Waals surface area contributed by atoms with Crippen molar-refractivity contribution in [1.82, 2.24) is 15.1 Å². The number of nitrogens with two attached hydrogens (primary N) is 2. The van der Waals surface area contributed by atoms with Crippen LogP contribution in [-0.2, 0) is 0 Å². The average molecular weight is 417 g/mol. The molecule has 2 fully saturated rings. The van der Waals surface area contributed by atoms with Crippen molar-refractivity contribution in [2.45, 2.75) is 53.4 Å². The van der Waals surface area contributed by atoms with Gasteiger partial charge >= 0.3 is 0 Å². The maximum absolute atomic E-state index is 7.41. The molecule has 1 aliphatic carbocycles. The molecule has 1 saturated heterocycles. The number of rotatable bonds is 9. The zero-order chi connectivity index (χ0) is 22.5. The molecule has 6 heteroatoms. The molecule has 0 aromatic heterocycles. The minimum atomic E-state index is 0.420. The molecule has 6 nitrogen and oxygen atoms in total. The van der Waals surface area contributed by atoms with Crippen LogP contribution in [0.4, 0.5) is 0 Å².